The molecule has 0 saturated carbocycles. The number of thioether (sulfide) groups is 1. The maximum atomic E-state index is 12.8. The lowest BCUT2D eigenvalue weighted by Crippen LogP contribution is -2.46. The summed E-state index contributed by atoms with van der Waals surface area (Å²) in [6.45, 7) is 1.13. The van der Waals surface area contributed by atoms with Gasteiger partial charge >= 0.3 is 0 Å². The predicted octanol–water partition coefficient (Wildman–Crippen LogP) is 4.02. The second-order valence-electron chi connectivity index (χ2n) is 8.14. The molecule has 200 valence electrons. The van der Waals surface area contributed by atoms with E-state index in [2.05, 4.69) is 21.2 Å². The maximum Gasteiger partial charge on any atom is 0.294 e. The van der Waals surface area contributed by atoms with Crippen molar-refractivity contribution in [2.45, 2.75) is 0 Å². The van der Waals surface area contributed by atoms with Crippen LogP contribution in [-0.4, -0.2) is 79.3 Å². The van der Waals surface area contributed by atoms with E-state index in [0.29, 0.717) is 58.5 Å². The monoisotopic (exact) mass is 623 g/mol. The van der Waals surface area contributed by atoms with Gasteiger partial charge < -0.3 is 24.4 Å². The molecule has 2 saturated heterocycles. The van der Waals surface area contributed by atoms with E-state index in [4.69, 9.17) is 25.8 Å². The second-order valence-corrected chi connectivity index (χ2v) is 10.4. The first-order valence-electron chi connectivity index (χ1n) is 11.4. The number of carbonyl (C=O) groups is 4. The molecule has 0 atom stereocenters. The third-order valence-electron chi connectivity index (χ3n) is 5.58. The minimum atomic E-state index is -0.536. The fourth-order valence-electron chi connectivity index (χ4n) is 3.64. The summed E-state index contributed by atoms with van der Waals surface area (Å²) in [6.07, 6.45) is 1.54. The molecular weight excluding hydrogens is 602 g/mol. The molecule has 2 aliphatic heterocycles. The van der Waals surface area contributed by atoms with Gasteiger partial charge in [-0.1, -0.05) is 17.7 Å². The molecule has 4 rings (SSSR count). The number of ether oxygens (including phenoxy) is 3. The number of carbonyl (C=O) groups excluding carboxylic acids is 4. The molecule has 1 N–H and O–H groups in total. The first-order chi connectivity index (χ1) is 18.2. The van der Waals surface area contributed by atoms with Gasteiger partial charge in [-0.05, 0) is 69.7 Å². The molecule has 2 aliphatic rings. The van der Waals surface area contributed by atoms with Crippen molar-refractivity contribution in [3.63, 3.8) is 0 Å². The van der Waals surface area contributed by atoms with E-state index < -0.39 is 17.1 Å². The third kappa shape index (κ3) is 6.87. The van der Waals surface area contributed by atoms with E-state index in [1.165, 1.54) is 7.11 Å². The zero-order valence-corrected chi connectivity index (χ0v) is 23.4. The van der Waals surface area contributed by atoms with Crippen molar-refractivity contribution in [1.29, 1.82) is 0 Å². The molecule has 0 unspecified atom stereocenters. The largest absolute Gasteiger partial charge is 0.493 e. The topological polar surface area (TPSA) is 114 Å². The third-order valence-corrected chi connectivity index (χ3v) is 7.72. The maximum absolute atomic E-state index is 12.8. The van der Waals surface area contributed by atoms with E-state index in [0.717, 1.165) is 16.7 Å². The van der Waals surface area contributed by atoms with E-state index in [9.17, 15) is 19.2 Å². The number of nitrogens with one attached hydrogen (secondary N) is 1. The summed E-state index contributed by atoms with van der Waals surface area (Å²) >= 11 is 10.1. The molecule has 2 aromatic carbocycles. The van der Waals surface area contributed by atoms with Gasteiger partial charge in [0.05, 0.1) is 30.3 Å². The molecular formula is C25H23BrClN3O7S. The van der Waals surface area contributed by atoms with Crippen LogP contribution in [0.4, 0.5) is 10.5 Å². The average Bonchev–Trinajstić information content (AvgIpc) is 3.17. The fraction of sp³-hybridized carbons (Fsp3) is 0.280. The molecule has 4 amide bonds. The van der Waals surface area contributed by atoms with Crippen molar-refractivity contribution < 1.29 is 33.4 Å². The van der Waals surface area contributed by atoms with Crippen molar-refractivity contribution in [2.24, 2.45) is 0 Å². The number of amides is 4. The van der Waals surface area contributed by atoms with Gasteiger partial charge in [0.15, 0.2) is 18.1 Å². The van der Waals surface area contributed by atoms with Crippen molar-refractivity contribution in [2.75, 3.05) is 51.9 Å². The molecule has 0 bridgehead atoms. The van der Waals surface area contributed by atoms with Gasteiger partial charge in [0, 0.05) is 23.2 Å². The number of anilines is 1. The highest BCUT2D eigenvalue weighted by atomic mass is 79.9. The van der Waals surface area contributed by atoms with Crippen LogP contribution in [0.15, 0.2) is 45.8 Å². The van der Waals surface area contributed by atoms with Crippen molar-refractivity contribution >= 4 is 74.0 Å². The predicted molar refractivity (Wildman–Crippen MR) is 146 cm³/mol. The van der Waals surface area contributed by atoms with Gasteiger partial charge in [0.25, 0.3) is 17.1 Å². The Morgan fingerprint density at radius 2 is 1.92 bits per heavy atom. The molecule has 38 heavy (non-hydrogen) atoms. The van der Waals surface area contributed by atoms with Crippen LogP contribution >= 0.6 is 39.3 Å². The standard InChI is InChI=1S/C25H23BrClN3O7S/c1-35-20-10-15(2-5-19(20)37-14-22(31)28-16-3-4-17(26)18(27)12-16)11-21-24(33)30(25(34)38-21)13-23(32)29-6-8-36-9-7-29/h2-5,10-12H,6-9,13-14H2,1H3,(H,28,31)/b21-11+. The minimum Gasteiger partial charge on any atom is -0.493 e. The molecule has 13 heteroatoms. The molecule has 2 fully saturated rings. The molecule has 2 heterocycles. The quantitative estimate of drug-likeness (QED) is 0.438. The highest BCUT2D eigenvalue weighted by Crippen LogP contribution is 2.34. The summed E-state index contributed by atoms with van der Waals surface area (Å²) in [7, 11) is 1.45. The van der Waals surface area contributed by atoms with Gasteiger partial charge in [-0.15, -0.1) is 0 Å². The number of rotatable bonds is 8. The summed E-state index contributed by atoms with van der Waals surface area (Å²) in [5.74, 6) is -0.578. The summed E-state index contributed by atoms with van der Waals surface area (Å²) in [4.78, 5) is 52.8. The van der Waals surface area contributed by atoms with E-state index >= 15 is 0 Å². The zero-order chi connectivity index (χ0) is 27.2. The number of halogens is 2. The summed E-state index contributed by atoms with van der Waals surface area (Å²) < 4.78 is 16.9. The summed E-state index contributed by atoms with van der Waals surface area (Å²) in [5.41, 5.74) is 1.10. The number of nitrogens with zero attached hydrogens (tertiary/aromatic N) is 2. The number of imide groups is 1. The SMILES string of the molecule is COc1cc(/C=C2/SC(=O)N(CC(=O)N3CCOCC3)C2=O)ccc1OCC(=O)Nc1ccc(Br)c(Cl)c1. The minimum absolute atomic E-state index is 0.188. The van der Waals surface area contributed by atoms with Crippen LogP contribution in [0.2, 0.25) is 5.02 Å². The van der Waals surface area contributed by atoms with Crippen LogP contribution in [0.25, 0.3) is 6.08 Å². The van der Waals surface area contributed by atoms with Crippen LogP contribution in [0.1, 0.15) is 5.56 Å². The highest BCUT2D eigenvalue weighted by Gasteiger charge is 2.37. The molecule has 0 spiro atoms. The number of hydrogen-bond donors (Lipinski definition) is 1. The van der Waals surface area contributed by atoms with E-state index in [1.54, 1.807) is 47.4 Å². The van der Waals surface area contributed by atoms with Gasteiger partial charge in [0.1, 0.15) is 6.54 Å². The van der Waals surface area contributed by atoms with Crippen LogP contribution in [-0.2, 0) is 19.1 Å². The molecule has 0 aromatic heterocycles. The lowest BCUT2D eigenvalue weighted by Gasteiger charge is -2.28. The first kappa shape index (κ1) is 28.0. The van der Waals surface area contributed by atoms with Crippen molar-refractivity contribution in [3.8, 4) is 11.5 Å². The fourth-order valence-corrected chi connectivity index (χ4v) is 4.91. The normalized spacial score (nSPS) is 16.7. The van der Waals surface area contributed by atoms with Crippen molar-refractivity contribution in [3.05, 3.63) is 56.4 Å². The zero-order valence-electron chi connectivity index (χ0n) is 20.2. The molecule has 2 aromatic rings. The summed E-state index contributed by atoms with van der Waals surface area (Å²) in [6, 6.07) is 9.91. The van der Waals surface area contributed by atoms with Gasteiger partial charge in [-0.25, -0.2) is 0 Å². The van der Waals surface area contributed by atoms with E-state index in [-0.39, 0.29) is 24.0 Å². The number of benzene rings is 2. The Balaban J connectivity index is 1.38. The smallest absolute Gasteiger partial charge is 0.294 e. The van der Waals surface area contributed by atoms with Crippen LogP contribution in [0.5, 0.6) is 11.5 Å². The lowest BCUT2D eigenvalue weighted by atomic mass is 10.2. The molecule has 0 radical (unpaired) electrons. The number of methoxy groups -OCH3 is 1. The first-order valence-corrected chi connectivity index (χ1v) is 13.4. The second kappa shape index (κ2) is 12.7. The van der Waals surface area contributed by atoms with Gasteiger partial charge in [-0.2, -0.15) is 0 Å². The summed E-state index contributed by atoms with van der Waals surface area (Å²) in [5, 5.41) is 2.65. The average molecular weight is 625 g/mol. The lowest BCUT2D eigenvalue weighted by molar-refractivity contribution is -0.139. The molecule has 0 aliphatic carbocycles. The van der Waals surface area contributed by atoms with Gasteiger partial charge in [0.2, 0.25) is 5.91 Å². The van der Waals surface area contributed by atoms with Crippen LogP contribution < -0.4 is 14.8 Å². The number of morpholine rings is 1. The Hall–Kier alpha value is -3.06. The highest BCUT2D eigenvalue weighted by molar-refractivity contribution is 9.10. The van der Waals surface area contributed by atoms with E-state index in [1.807, 2.05) is 0 Å². The van der Waals surface area contributed by atoms with Crippen LogP contribution in [0, 0.1) is 0 Å². The molecule has 10 nitrogen and oxygen atoms in total. The van der Waals surface area contributed by atoms with Gasteiger partial charge in [-0.3, -0.25) is 24.1 Å². The Morgan fingerprint density at radius 1 is 1.16 bits per heavy atom. The van der Waals surface area contributed by atoms with Crippen molar-refractivity contribution in [1.82, 2.24) is 9.80 Å². The Morgan fingerprint density at radius 3 is 2.63 bits per heavy atom. The Kier molecular flexibility index (Phi) is 9.31. The van der Waals surface area contributed by atoms with Crippen LogP contribution in [0.3, 0.4) is 0 Å². The Labute approximate surface area is 236 Å². The Bertz CT molecular complexity index is 1300. The number of hydrogen-bond acceptors (Lipinski definition) is 8.